The van der Waals surface area contributed by atoms with E-state index in [1.807, 2.05) is 30.3 Å². The van der Waals surface area contributed by atoms with E-state index in [4.69, 9.17) is 11.2 Å². The maximum absolute atomic E-state index is 5.83. The van der Waals surface area contributed by atoms with Crippen LogP contribution >= 0.6 is 0 Å². The molecule has 1 aliphatic rings. The van der Waals surface area contributed by atoms with E-state index in [2.05, 4.69) is 30.2 Å². The van der Waals surface area contributed by atoms with Crippen LogP contribution in [0, 0.1) is 12.3 Å². The van der Waals surface area contributed by atoms with Gasteiger partial charge < -0.3 is 4.74 Å². The van der Waals surface area contributed by atoms with Gasteiger partial charge in [0.2, 0.25) is 0 Å². The summed E-state index contributed by atoms with van der Waals surface area (Å²) in [7, 11) is 0. The van der Waals surface area contributed by atoms with E-state index < -0.39 is 0 Å². The van der Waals surface area contributed by atoms with Crippen molar-refractivity contribution >= 4 is 0 Å². The Labute approximate surface area is 114 Å². The molecular formula is C18H16O. The third kappa shape index (κ3) is 2.48. The molecule has 2 aromatic carbocycles. The first-order chi connectivity index (χ1) is 9.32. The zero-order chi connectivity index (χ0) is 13.1. The Morgan fingerprint density at radius 3 is 2.53 bits per heavy atom. The van der Waals surface area contributed by atoms with Crippen molar-refractivity contribution in [1.29, 1.82) is 0 Å². The monoisotopic (exact) mass is 248 g/mol. The van der Waals surface area contributed by atoms with Gasteiger partial charge in [0.15, 0.2) is 0 Å². The fourth-order valence-electron chi connectivity index (χ4n) is 2.27. The van der Waals surface area contributed by atoms with Gasteiger partial charge in [-0.25, -0.2) is 0 Å². The summed E-state index contributed by atoms with van der Waals surface area (Å²) in [6.07, 6.45) is 7.80. The highest BCUT2D eigenvalue weighted by atomic mass is 16.5. The van der Waals surface area contributed by atoms with Gasteiger partial charge in [-0.15, -0.1) is 6.42 Å². The second kappa shape index (κ2) is 4.82. The highest BCUT2D eigenvalue weighted by Crippen LogP contribution is 2.48. The predicted octanol–water partition coefficient (Wildman–Crippen LogP) is 3.93. The molecule has 3 rings (SSSR count). The molecule has 1 aliphatic carbocycles. The first-order valence-electron chi connectivity index (χ1n) is 6.57. The average molecular weight is 248 g/mol. The van der Waals surface area contributed by atoms with Gasteiger partial charge in [0, 0.05) is 0 Å². The van der Waals surface area contributed by atoms with Crippen LogP contribution in [0.3, 0.4) is 0 Å². The van der Waals surface area contributed by atoms with Gasteiger partial charge in [-0.1, -0.05) is 48.4 Å². The van der Waals surface area contributed by atoms with E-state index in [9.17, 15) is 0 Å². The molecule has 1 nitrogen and oxygen atoms in total. The highest BCUT2D eigenvalue weighted by Gasteiger charge is 2.42. The lowest BCUT2D eigenvalue weighted by Gasteiger charge is -2.11. The number of hydrogen-bond acceptors (Lipinski definition) is 1. The van der Waals surface area contributed by atoms with Crippen molar-refractivity contribution in [2.45, 2.75) is 24.9 Å². The summed E-state index contributed by atoms with van der Waals surface area (Å²) < 4.78 is 5.83. The molecule has 0 unspecified atom stereocenters. The lowest BCUT2D eigenvalue weighted by molar-refractivity contribution is 0.306. The average Bonchev–Trinajstić information content (AvgIpc) is 3.28. The molecule has 0 N–H and O–H groups in total. The Balaban J connectivity index is 1.72. The molecule has 1 saturated carbocycles. The molecule has 0 spiro atoms. The van der Waals surface area contributed by atoms with E-state index >= 15 is 0 Å². The Kier molecular flexibility index (Phi) is 3.01. The molecule has 0 aromatic heterocycles. The van der Waals surface area contributed by atoms with Crippen molar-refractivity contribution < 1.29 is 4.74 Å². The van der Waals surface area contributed by atoms with Gasteiger partial charge >= 0.3 is 0 Å². The third-order valence-corrected chi connectivity index (χ3v) is 3.66. The first-order valence-corrected chi connectivity index (χ1v) is 6.57. The van der Waals surface area contributed by atoms with E-state index in [1.165, 1.54) is 11.1 Å². The van der Waals surface area contributed by atoms with Gasteiger partial charge in [-0.2, -0.15) is 0 Å². The molecule has 0 aliphatic heterocycles. The van der Waals surface area contributed by atoms with E-state index in [0.29, 0.717) is 6.61 Å². The molecule has 0 atom stereocenters. The maximum Gasteiger partial charge on any atom is 0.120 e. The number of hydrogen-bond donors (Lipinski definition) is 0. The van der Waals surface area contributed by atoms with Crippen LogP contribution in [0.2, 0.25) is 0 Å². The predicted molar refractivity (Wildman–Crippen MR) is 77.0 cm³/mol. The van der Waals surface area contributed by atoms with Crippen LogP contribution in [0.1, 0.15) is 24.0 Å². The SMILES string of the molecule is C#CC1(c2cccc(OCc3ccccc3)c2)CC1. The van der Waals surface area contributed by atoms with Crippen LogP contribution in [0.5, 0.6) is 5.75 Å². The summed E-state index contributed by atoms with van der Waals surface area (Å²) in [4.78, 5) is 0. The smallest absolute Gasteiger partial charge is 0.120 e. The normalized spacial score (nSPS) is 15.5. The number of terminal acetylenes is 1. The number of ether oxygens (including phenoxy) is 1. The van der Waals surface area contributed by atoms with Gasteiger partial charge in [0.25, 0.3) is 0 Å². The topological polar surface area (TPSA) is 9.23 Å². The van der Waals surface area contributed by atoms with Crippen LogP contribution in [-0.2, 0) is 12.0 Å². The van der Waals surface area contributed by atoms with Crippen LogP contribution in [0.25, 0.3) is 0 Å². The van der Waals surface area contributed by atoms with E-state index in [-0.39, 0.29) is 5.41 Å². The summed E-state index contributed by atoms with van der Waals surface area (Å²) in [5, 5.41) is 0. The van der Waals surface area contributed by atoms with Crippen LogP contribution < -0.4 is 4.74 Å². The molecule has 2 aromatic rings. The van der Waals surface area contributed by atoms with Crippen molar-refractivity contribution in [2.24, 2.45) is 0 Å². The fourth-order valence-corrected chi connectivity index (χ4v) is 2.27. The highest BCUT2D eigenvalue weighted by molar-refractivity contribution is 5.44. The van der Waals surface area contributed by atoms with Gasteiger partial charge in [0.1, 0.15) is 12.4 Å². The molecule has 94 valence electrons. The quantitative estimate of drug-likeness (QED) is 0.745. The molecule has 1 fully saturated rings. The van der Waals surface area contributed by atoms with Crippen molar-refractivity contribution in [2.75, 3.05) is 0 Å². The zero-order valence-corrected chi connectivity index (χ0v) is 10.8. The van der Waals surface area contributed by atoms with Crippen molar-refractivity contribution in [3.63, 3.8) is 0 Å². The molecule has 0 saturated heterocycles. The summed E-state index contributed by atoms with van der Waals surface area (Å²) in [5.74, 6) is 3.81. The molecule has 0 amide bonds. The molecule has 0 heterocycles. The van der Waals surface area contributed by atoms with Gasteiger partial charge in [-0.05, 0) is 36.1 Å². The summed E-state index contributed by atoms with van der Waals surface area (Å²) in [6, 6.07) is 18.4. The van der Waals surface area contributed by atoms with Gasteiger partial charge in [0.05, 0.1) is 5.41 Å². The van der Waals surface area contributed by atoms with E-state index in [0.717, 1.165) is 18.6 Å². The Morgan fingerprint density at radius 2 is 1.84 bits per heavy atom. The summed E-state index contributed by atoms with van der Waals surface area (Å²) >= 11 is 0. The summed E-state index contributed by atoms with van der Waals surface area (Å²) in [6.45, 7) is 0.591. The second-order valence-electron chi connectivity index (χ2n) is 5.03. The molecule has 1 heteroatoms. The minimum atomic E-state index is -0.0217. The summed E-state index contributed by atoms with van der Waals surface area (Å²) in [5.41, 5.74) is 2.36. The van der Waals surface area contributed by atoms with E-state index in [1.54, 1.807) is 0 Å². The minimum Gasteiger partial charge on any atom is -0.489 e. The van der Waals surface area contributed by atoms with Gasteiger partial charge in [-0.3, -0.25) is 0 Å². The standard InChI is InChI=1S/C18H16O/c1-2-18(11-12-18)16-9-6-10-17(13-16)19-14-15-7-4-3-5-8-15/h1,3-10,13H,11-12,14H2. The molecule has 0 radical (unpaired) electrons. The maximum atomic E-state index is 5.83. The van der Waals surface area contributed by atoms with Crippen molar-refractivity contribution in [3.8, 4) is 18.1 Å². The third-order valence-electron chi connectivity index (χ3n) is 3.66. The fraction of sp³-hybridized carbons (Fsp3) is 0.222. The van der Waals surface area contributed by atoms with Crippen molar-refractivity contribution in [1.82, 2.24) is 0 Å². The Bertz CT molecular complexity index is 603. The number of rotatable bonds is 4. The Morgan fingerprint density at radius 1 is 1.05 bits per heavy atom. The number of benzene rings is 2. The van der Waals surface area contributed by atoms with Crippen LogP contribution in [0.15, 0.2) is 54.6 Å². The molecular weight excluding hydrogens is 232 g/mol. The lowest BCUT2D eigenvalue weighted by atomic mass is 9.97. The van der Waals surface area contributed by atoms with Crippen molar-refractivity contribution in [3.05, 3.63) is 65.7 Å². The molecule has 0 bridgehead atoms. The second-order valence-corrected chi connectivity index (χ2v) is 5.03. The minimum absolute atomic E-state index is 0.0217. The lowest BCUT2D eigenvalue weighted by Crippen LogP contribution is -2.03. The van der Waals surface area contributed by atoms with Crippen LogP contribution in [-0.4, -0.2) is 0 Å². The molecule has 19 heavy (non-hydrogen) atoms. The van der Waals surface area contributed by atoms with Crippen LogP contribution in [0.4, 0.5) is 0 Å². The largest absolute Gasteiger partial charge is 0.489 e. The Hall–Kier alpha value is -2.20. The first kappa shape index (κ1) is 11.9. The zero-order valence-electron chi connectivity index (χ0n) is 10.8.